The molecule has 3 heteroatoms. The molecule has 0 atom stereocenters. The maximum absolute atomic E-state index is 12.7. The topological polar surface area (TPSA) is 9.23 Å². The number of ether oxygens (including phenoxy) is 1. The van der Waals surface area contributed by atoms with E-state index >= 15 is 0 Å². The largest absolute Gasteiger partial charge is 0.491 e. The maximum Gasteiger partial charge on any atom is 0.200 e. The van der Waals surface area contributed by atoms with Crippen LogP contribution < -0.4 is 4.74 Å². The average molecular weight is 157 g/mol. The van der Waals surface area contributed by atoms with Gasteiger partial charge in [-0.15, -0.1) is 0 Å². The molecular weight excluding hydrogens is 150 g/mol. The summed E-state index contributed by atoms with van der Waals surface area (Å²) in [6.45, 7) is 2.01. The van der Waals surface area contributed by atoms with Crippen LogP contribution in [-0.4, -0.2) is 6.61 Å². The minimum absolute atomic E-state index is 0.0903. The molecular formula is C8H7F2O. The molecule has 1 nitrogen and oxygen atoms in total. The van der Waals surface area contributed by atoms with E-state index in [9.17, 15) is 8.78 Å². The zero-order valence-electron chi connectivity index (χ0n) is 6.03. The average Bonchev–Trinajstić information content (AvgIpc) is 1.99. The van der Waals surface area contributed by atoms with Crippen LogP contribution in [-0.2, 0) is 0 Å². The summed E-state index contributed by atoms with van der Waals surface area (Å²) in [6.07, 6.45) is 0. The fourth-order valence-corrected chi connectivity index (χ4v) is 0.695. The summed E-state index contributed by atoms with van der Waals surface area (Å²) in [5.41, 5.74) is 0. The molecule has 1 aromatic rings. The molecule has 0 aromatic heterocycles. The summed E-state index contributed by atoms with van der Waals surface area (Å²) in [7, 11) is 0. The lowest BCUT2D eigenvalue weighted by atomic mass is 10.3. The van der Waals surface area contributed by atoms with E-state index in [0.29, 0.717) is 6.61 Å². The highest BCUT2D eigenvalue weighted by molar-refractivity contribution is 5.24. The van der Waals surface area contributed by atoms with Crippen molar-refractivity contribution in [1.82, 2.24) is 0 Å². The molecule has 59 valence electrons. The normalized spacial score (nSPS) is 9.73. The van der Waals surface area contributed by atoms with Gasteiger partial charge in [-0.2, -0.15) is 4.39 Å². The maximum atomic E-state index is 12.7. The van der Waals surface area contributed by atoms with E-state index in [4.69, 9.17) is 4.74 Å². The Morgan fingerprint density at radius 3 is 2.82 bits per heavy atom. The van der Waals surface area contributed by atoms with Gasteiger partial charge in [0.05, 0.1) is 6.61 Å². The van der Waals surface area contributed by atoms with E-state index in [0.717, 1.165) is 6.07 Å². The van der Waals surface area contributed by atoms with Crippen molar-refractivity contribution in [2.24, 2.45) is 0 Å². The van der Waals surface area contributed by atoms with Crippen molar-refractivity contribution in [3.8, 4) is 5.75 Å². The Labute approximate surface area is 63.6 Å². The molecule has 0 aliphatic heterocycles. The van der Waals surface area contributed by atoms with Crippen LogP contribution in [0.3, 0.4) is 0 Å². The number of rotatable bonds is 2. The molecule has 0 aliphatic carbocycles. The van der Waals surface area contributed by atoms with Gasteiger partial charge in [0.1, 0.15) is 0 Å². The molecule has 0 spiro atoms. The van der Waals surface area contributed by atoms with Crippen molar-refractivity contribution < 1.29 is 13.5 Å². The highest BCUT2D eigenvalue weighted by Crippen LogP contribution is 2.18. The highest BCUT2D eigenvalue weighted by Gasteiger charge is 2.06. The molecule has 1 aromatic carbocycles. The van der Waals surface area contributed by atoms with E-state index in [1.54, 1.807) is 6.92 Å². The van der Waals surface area contributed by atoms with Crippen molar-refractivity contribution in [2.75, 3.05) is 6.61 Å². The zero-order valence-corrected chi connectivity index (χ0v) is 6.03. The van der Waals surface area contributed by atoms with Gasteiger partial charge in [0, 0.05) is 0 Å². The predicted octanol–water partition coefficient (Wildman–Crippen LogP) is 2.16. The first-order valence-electron chi connectivity index (χ1n) is 3.23. The first-order valence-corrected chi connectivity index (χ1v) is 3.23. The first kappa shape index (κ1) is 7.98. The van der Waals surface area contributed by atoms with Gasteiger partial charge in [0.25, 0.3) is 0 Å². The molecule has 1 radical (unpaired) electrons. The number of benzene rings is 1. The lowest BCUT2D eigenvalue weighted by molar-refractivity contribution is 0.314. The van der Waals surface area contributed by atoms with Crippen molar-refractivity contribution in [3.05, 3.63) is 29.8 Å². The number of hydrogen-bond donors (Lipinski definition) is 0. The molecule has 0 saturated carbocycles. The van der Waals surface area contributed by atoms with Gasteiger partial charge >= 0.3 is 0 Å². The van der Waals surface area contributed by atoms with Gasteiger partial charge < -0.3 is 4.74 Å². The summed E-state index contributed by atoms with van der Waals surface area (Å²) >= 11 is 0. The van der Waals surface area contributed by atoms with Gasteiger partial charge in [0.2, 0.25) is 5.82 Å². The second-order valence-electron chi connectivity index (χ2n) is 1.91. The second kappa shape index (κ2) is 3.32. The monoisotopic (exact) mass is 157 g/mol. The van der Waals surface area contributed by atoms with E-state index in [1.807, 2.05) is 0 Å². The third-order valence-electron chi connectivity index (χ3n) is 1.15. The molecule has 0 amide bonds. The van der Waals surface area contributed by atoms with Crippen LogP contribution >= 0.6 is 0 Å². The summed E-state index contributed by atoms with van der Waals surface area (Å²) in [6, 6.07) is 4.61. The van der Waals surface area contributed by atoms with Crippen LogP contribution in [0.2, 0.25) is 0 Å². The third kappa shape index (κ3) is 1.67. The molecule has 0 fully saturated rings. The van der Waals surface area contributed by atoms with Gasteiger partial charge in [-0.3, -0.25) is 0 Å². The van der Waals surface area contributed by atoms with Crippen molar-refractivity contribution in [2.45, 2.75) is 6.92 Å². The summed E-state index contributed by atoms with van der Waals surface area (Å²) in [5, 5.41) is 0. The van der Waals surface area contributed by atoms with Gasteiger partial charge in [-0.1, -0.05) is 0 Å². The van der Waals surface area contributed by atoms with E-state index in [-0.39, 0.29) is 5.75 Å². The Kier molecular flexibility index (Phi) is 2.41. The van der Waals surface area contributed by atoms with Crippen LogP contribution in [0.15, 0.2) is 12.1 Å². The lowest BCUT2D eigenvalue weighted by Crippen LogP contribution is -1.96. The quantitative estimate of drug-likeness (QED) is 0.639. The van der Waals surface area contributed by atoms with Crippen molar-refractivity contribution in [3.63, 3.8) is 0 Å². The molecule has 1 rings (SSSR count). The summed E-state index contributed by atoms with van der Waals surface area (Å²) in [5.74, 6) is -1.98. The van der Waals surface area contributed by atoms with E-state index in [2.05, 4.69) is 6.07 Å². The summed E-state index contributed by atoms with van der Waals surface area (Å²) < 4.78 is 29.9. The van der Waals surface area contributed by atoms with Crippen molar-refractivity contribution in [1.29, 1.82) is 0 Å². The Bertz CT molecular complexity index is 248. The fraction of sp³-hybridized carbons (Fsp3) is 0.250. The molecule has 0 aliphatic rings. The lowest BCUT2D eigenvalue weighted by Gasteiger charge is -2.02. The predicted molar refractivity (Wildman–Crippen MR) is 36.4 cm³/mol. The number of hydrogen-bond acceptors (Lipinski definition) is 1. The van der Waals surface area contributed by atoms with Crippen LogP contribution in [0, 0.1) is 17.7 Å². The van der Waals surface area contributed by atoms with E-state index in [1.165, 1.54) is 6.07 Å². The minimum atomic E-state index is -0.953. The third-order valence-corrected chi connectivity index (χ3v) is 1.15. The second-order valence-corrected chi connectivity index (χ2v) is 1.91. The molecule has 0 bridgehead atoms. The Balaban J connectivity index is 2.96. The molecule has 11 heavy (non-hydrogen) atoms. The summed E-state index contributed by atoms with van der Waals surface area (Å²) in [4.78, 5) is 0. The molecule has 0 saturated heterocycles. The molecule has 0 heterocycles. The van der Waals surface area contributed by atoms with Gasteiger partial charge in [-0.05, 0) is 25.1 Å². The van der Waals surface area contributed by atoms with E-state index < -0.39 is 11.6 Å². The number of halogens is 2. The zero-order chi connectivity index (χ0) is 8.27. The fourth-order valence-electron chi connectivity index (χ4n) is 0.695. The minimum Gasteiger partial charge on any atom is -0.491 e. The molecule has 0 N–H and O–H groups in total. The SMILES string of the molecule is CCOc1c[c]cc(F)c1F. The van der Waals surface area contributed by atoms with Gasteiger partial charge in [0.15, 0.2) is 11.6 Å². The Hall–Kier alpha value is -1.12. The Morgan fingerprint density at radius 2 is 2.18 bits per heavy atom. The van der Waals surface area contributed by atoms with Crippen LogP contribution in [0.25, 0.3) is 0 Å². The smallest absolute Gasteiger partial charge is 0.200 e. The highest BCUT2D eigenvalue weighted by atomic mass is 19.2. The first-order chi connectivity index (χ1) is 5.25. The van der Waals surface area contributed by atoms with Gasteiger partial charge in [-0.25, -0.2) is 4.39 Å². The van der Waals surface area contributed by atoms with Crippen molar-refractivity contribution >= 4 is 0 Å². The van der Waals surface area contributed by atoms with Crippen LogP contribution in [0.5, 0.6) is 5.75 Å². The van der Waals surface area contributed by atoms with Crippen LogP contribution in [0.1, 0.15) is 6.92 Å². The van der Waals surface area contributed by atoms with Crippen LogP contribution in [0.4, 0.5) is 8.78 Å². The standard InChI is InChI=1S/C8H7F2O/c1-2-11-7-5-3-4-6(9)8(7)10/h4-5H,2H2,1H3. The Morgan fingerprint density at radius 1 is 1.45 bits per heavy atom. The molecule has 0 unspecified atom stereocenters.